The third-order valence-electron chi connectivity index (χ3n) is 2.89. The fourth-order valence-corrected chi connectivity index (χ4v) is 1.85. The van der Waals surface area contributed by atoms with Crippen molar-refractivity contribution >= 4 is 12.0 Å². The van der Waals surface area contributed by atoms with Gasteiger partial charge in [0.2, 0.25) is 5.91 Å². The molecule has 0 aliphatic heterocycles. The number of hydrogen-bond acceptors (Lipinski definition) is 3. The first kappa shape index (κ1) is 17.9. The zero-order chi connectivity index (χ0) is 16.7. The summed E-state index contributed by atoms with van der Waals surface area (Å²) in [5.74, 6) is -2.05. The second kappa shape index (κ2) is 8.31. The van der Waals surface area contributed by atoms with Gasteiger partial charge in [-0.05, 0) is 30.5 Å². The molecule has 0 saturated carbocycles. The zero-order valence-corrected chi connectivity index (χ0v) is 12.8. The molecule has 0 spiro atoms. The number of carbonyl (C=O) groups is 2. The number of rotatable bonds is 6. The van der Waals surface area contributed by atoms with Crippen LogP contribution in [0.3, 0.4) is 0 Å². The number of alkyl carbamates (subject to hydrolysis) is 1. The molecule has 0 radical (unpaired) electrons. The molecule has 0 aliphatic carbocycles. The van der Waals surface area contributed by atoms with Gasteiger partial charge in [0.15, 0.2) is 0 Å². The second-order valence-electron chi connectivity index (χ2n) is 5.08. The SMILES string of the molecule is CCOC(=O)N[C@@H](C(=O)NCc1cc(F)cc(F)c1)C(C)C. The zero-order valence-electron chi connectivity index (χ0n) is 12.8. The van der Waals surface area contributed by atoms with Gasteiger partial charge in [-0.3, -0.25) is 4.79 Å². The van der Waals surface area contributed by atoms with Gasteiger partial charge in [0.1, 0.15) is 17.7 Å². The minimum absolute atomic E-state index is 0.0404. The fraction of sp³-hybridized carbons (Fsp3) is 0.467. The van der Waals surface area contributed by atoms with Gasteiger partial charge in [0.05, 0.1) is 6.61 Å². The van der Waals surface area contributed by atoms with Crippen LogP contribution in [0.2, 0.25) is 0 Å². The molecule has 0 heterocycles. The maximum absolute atomic E-state index is 13.1. The minimum atomic E-state index is -0.794. The van der Waals surface area contributed by atoms with E-state index in [1.54, 1.807) is 20.8 Å². The number of ether oxygens (including phenoxy) is 1. The van der Waals surface area contributed by atoms with Crippen molar-refractivity contribution < 1.29 is 23.1 Å². The van der Waals surface area contributed by atoms with Crippen LogP contribution in [0.4, 0.5) is 13.6 Å². The average molecular weight is 314 g/mol. The normalized spacial score (nSPS) is 11.9. The van der Waals surface area contributed by atoms with Crippen molar-refractivity contribution in [2.75, 3.05) is 6.61 Å². The molecule has 1 aromatic carbocycles. The number of halogens is 2. The molecule has 0 fully saturated rings. The van der Waals surface area contributed by atoms with E-state index in [0.29, 0.717) is 5.56 Å². The van der Waals surface area contributed by atoms with Gasteiger partial charge in [0.25, 0.3) is 0 Å². The van der Waals surface area contributed by atoms with Crippen molar-refractivity contribution in [1.82, 2.24) is 10.6 Å². The van der Waals surface area contributed by atoms with Crippen LogP contribution in [-0.2, 0) is 16.1 Å². The highest BCUT2D eigenvalue weighted by Crippen LogP contribution is 2.08. The van der Waals surface area contributed by atoms with Gasteiger partial charge in [0, 0.05) is 12.6 Å². The summed E-state index contributed by atoms with van der Waals surface area (Å²) in [4.78, 5) is 23.5. The summed E-state index contributed by atoms with van der Waals surface area (Å²) in [5.41, 5.74) is 0.296. The van der Waals surface area contributed by atoms with Gasteiger partial charge in [-0.2, -0.15) is 0 Å². The highest BCUT2D eigenvalue weighted by molar-refractivity contribution is 5.85. The van der Waals surface area contributed by atoms with Crippen molar-refractivity contribution in [2.24, 2.45) is 5.92 Å². The summed E-state index contributed by atoms with van der Waals surface area (Å²) in [6.45, 7) is 5.33. The number of nitrogens with one attached hydrogen (secondary N) is 2. The van der Waals surface area contributed by atoms with Crippen molar-refractivity contribution in [1.29, 1.82) is 0 Å². The van der Waals surface area contributed by atoms with E-state index in [-0.39, 0.29) is 19.1 Å². The summed E-state index contributed by atoms with van der Waals surface area (Å²) in [7, 11) is 0. The third kappa shape index (κ3) is 5.67. The molecule has 22 heavy (non-hydrogen) atoms. The van der Waals surface area contributed by atoms with E-state index in [2.05, 4.69) is 10.6 Å². The molecular weight excluding hydrogens is 294 g/mol. The summed E-state index contributed by atoms with van der Waals surface area (Å²) in [6.07, 6.45) is -0.687. The van der Waals surface area contributed by atoms with Crippen LogP contribution in [0.25, 0.3) is 0 Å². The van der Waals surface area contributed by atoms with Gasteiger partial charge in [-0.25, -0.2) is 13.6 Å². The van der Waals surface area contributed by atoms with Crippen LogP contribution in [0, 0.1) is 17.6 Å². The van der Waals surface area contributed by atoms with Crippen LogP contribution in [0.1, 0.15) is 26.3 Å². The standard InChI is InChI=1S/C15H20F2N2O3/c1-4-22-15(21)19-13(9(2)3)14(20)18-8-10-5-11(16)7-12(17)6-10/h5-7,9,13H,4,8H2,1-3H3,(H,18,20)(H,19,21)/t13-/m1/s1. The fourth-order valence-electron chi connectivity index (χ4n) is 1.85. The van der Waals surface area contributed by atoms with Crippen molar-refractivity contribution in [3.8, 4) is 0 Å². The predicted molar refractivity (Wildman–Crippen MR) is 77.0 cm³/mol. The summed E-state index contributed by atoms with van der Waals surface area (Å²) in [5, 5.41) is 4.99. The maximum atomic E-state index is 13.1. The first-order valence-corrected chi connectivity index (χ1v) is 6.99. The summed E-state index contributed by atoms with van der Waals surface area (Å²) in [6, 6.07) is 2.22. The average Bonchev–Trinajstić information content (AvgIpc) is 2.41. The predicted octanol–water partition coefficient (Wildman–Crippen LogP) is 2.35. The minimum Gasteiger partial charge on any atom is -0.450 e. The quantitative estimate of drug-likeness (QED) is 0.847. The Morgan fingerprint density at radius 1 is 1.18 bits per heavy atom. The Hall–Kier alpha value is -2.18. The van der Waals surface area contributed by atoms with E-state index in [9.17, 15) is 18.4 Å². The Kier molecular flexibility index (Phi) is 6.75. The van der Waals surface area contributed by atoms with E-state index in [1.165, 1.54) is 0 Å². The number of benzene rings is 1. The molecule has 1 rings (SSSR count). The largest absolute Gasteiger partial charge is 0.450 e. The van der Waals surface area contributed by atoms with Crippen molar-refractivity contribution in [2.45, 2.75) is 33.4 Å². The maximum Gasteiger partial charge on any atom is 0.407 e. The summed E-state index contributed by atoms with van der Waals surface area (Å²) >= 11 is 0. The van der Waals surface area contributed by atoms with Crippen molar-refractivity contribution in [3.63, 3.8) is 0 Å². The topological polar surface area (TPSA) is 67.4 Å². The Morgan fingerprint density at radius 2 is 1.77 bits per heavy atom. The van der Waals surface area contributed by atoms with Crippen LogP contribution in [0.15, 0.2) is 18.2 Å². The van der Waals surface area contributed by atoms with Gasteiger partial charge < -0.3 is 15.4 Å². The van der Waals surface area contributed by atoms with Crippen molar-refractivity contribution in [3.05, 3.63) is 35.4 Å². The van der Waals surface area contributed by atoms with Gasteiger partial charge in [-0.15, -0.1) is 0 Å². The molecular formula is C15H20F2N2O3. The second-order valence-corrected chi connectivity index (χ2v) is 5.08. The third-order valence-corrected chi connectivity index (χ3v) is 2.89. The molecule has 1 atom stereocenters. The number of hydrogen-bond donors (Lipinski definition) is 2. The Morgan fingerprint density at radius 3 is 2.27 bits per heavy atom. The molecule has 5 nitrogen and oxygen atoms in total. The molecule has 1 aromatic rings. The molecule has 0 saturated heterocycles. The molecule has 0 aliphatic rings. The number of carbonyl (C=O) groups excluding carboxylic acids is 2. The first-order chi connectivity index (χ1) is 10.3. The molecule has 7 heteroatoms. The van der Waals surface area contributed by atoms with Gasteiger partial charge >= 0.3 is 6.09 Å². The molecule has 0 unspecified atom stereocenters. The highest BCUT2D eigenvalue weighted by atomic mass is 19.1. The Balaban J connectivity index is 2.65. The lowest BCUT2D eigenvalue weighted by Gasteiger charge is -2.21. The first-order valence-electron chi connectivity index (χ1n) is 6.99. The Labute approximate surface area is 128 Å². The van der Waals surface area contributed by atoms with E-state index in [4.69, 9.17) is 4.74 Å². The monoisotopic (exact) mass is 314 g/mol. The van der Waals surface area contributed by atoms with Gasteiger partial charge in [-0.1, -0.05) is 13.8 Å². The van der Waals surface area contributed by atoms with Crippen LogP contribution in [0.5, 0.6) is 0 Å². The lowest BCUT2D eigenvalue weighted by molar-refractivity contribution is -0.124. The van der Waals surface area contributed by atoms with E-state index >= 15 is 0 Å². The van der Waals surface area contributed by atoms with Crippen LogP contribution in [-0.4, -0.2) is 24.6 Å². The highest BCUT2D eigenvalue weighted by Gasteiger charge is 2.24. The summed E-state index contributed by atoms with van der Waals surface area (Å²) < 4.78 is 30.9. The van der Waals surface area contributed by atoms with E-state index < -0.39 is 29.7 Å². The lowest BCUT2D eigenvalue weighted by atomic mass is 10.0. The molecule has 2 amide bonds. The molecule has 122 valence electrons. The molecule has 0 bridgehead atoms. The molecule has 0 aromatic heterocycles. The van der Waals surface area contributed by atoms with E-state index in [1.807, 2.05) is 0 Å². The van der Waals surface area contributed by atoms with E-state index in [0.717, 1.165) is 18.2 Å². The number of amides is 2. The van der Waals surface area contributed by atoms with Crippen LogP contribution < -0.4 is 10.6 Å². The lowest BCUT2D eigenvalue weighted by Crippen LogP contribution is -2.49. The molecule has 2 N–H and O–H groups in total. The Bertz CT molecular complexity index is 515. The smallest absolute Gasteiger partial charge is 0.407 e. The van der Waals surface area contributed by atoms with Crippen LogP contribution >= 0.6 is 0 Å².